The lowest BCUT2D eigenvalue weighted by atomic mass is 9.82. The molecule has 0 saturated heterocycles. The van der Waals surface area contributed by atoms with Crippen LogP contribution in [0.3, 0.4) is 0 Å². The molecule has 0 radical (unpaired) electrons. The van der Waals surface area contributed by atoms with Crippen molar-refractivity contribution in [1.82, 2.24) is 15.1 Å². The number of carboxylic acid groups (broad SMARTS) is 1. The predicted molar refractivity (Wildman–Crippen MR) is 68.2 cm³/mol. The molecular formula is C13H19N3O3. The van der Waals surface area contributed by atoms with Gasteiger partial charge in [-0.2, -0.15) is 5.10 Å². The summed E-state index contributed by atoms with van der Waals surface area (Å²) in [6, 6.07) is 0. The molecule has 1 fully saturated rings. The first kappa shape index (κ1) is 13.6. The Labute approximate surface area is 111 Å². The average molecular weight is 265 g/mol. The molecule has 104 valence electrons. The minimum absolute atomic E-state index is 0.0720. The fourth-order valence-electron chi connectivity index (χ4n) is 2.65. The highest BCUT2D eigenvalue weighted by Crippen LogP contribution is 2.41. The Morgan fingerprint density at radius 2 is 2.16 bits per heavy atom. The summed E-state index contributed by atoms with van der Waals surface area (Å²) >= 11 is 0. The number of carbonyl (C=O) groups is 2. The summed E-state index contributed by atoms with van der Waals surface area (Å²) in [5.74, 6) is -1.05. The zero-order valence-corrected chi connectivity index (χ0v) is 11.1. The van der Waals surface area contributed by atoms with Crippen LogP contribution in [0.2, 0.25) is 0 Å². The van der Waals surface area contributed by atoms with E-state index in [1.54, 1.807) is 10.9 Å². The summed E-state index contributed by atoms with van der Waals surface area (Å²) in [7, 11) is 1.81. The van der Waals surface area contributed by atoms with Crippen LogP contribution in [0.4, 0.5) is 0 Å². The third kappa shape index (κ3) is 3.13. The molecule has 2 rings (SSSR count). The molecule has 1 heterocycles. The fraction of sp³-hybridized carbons (Fsp3) is 0.615. The van der Waals surface area contributed by atoms with Gasteiger partial charge in [-0.25, -0.2) is 0 Å². The first-order valence-corrected chi connectivity index (χ1v) is 6.49. The fourth-order valence-corrected chi connectivity index (χ4v) is 2.65. The van der Waals surface area contributed by atoms with Crippen molar-refractivity contribution in [3.8, 4) is 0 Å². The molecule has 0 atom stereocenters. The lowest BCUT2D eigenvalue weighted by Crippen LogP contribution is -2.35. The highest BCUT2D eigenvalue weighted by atomic mass is 16.4. The summed E-state index contributed by atoms with van der Waals surface area (Å²) in [4.78, 5) is 23.2. The highest BCUT2D eigenvalue weighted by Gasteiger charge is 2.42. The Kier molecular flexibility index (Phi) is 3.87. The Bertz CT molecular complexity index is 475. The van der Waals surface area contributed by atoms with E-state index in [9.17, 15) is 14.7 Å². The zero-order valence-electron chi connectivity index (χ0n) is 11.1. The summed E-state index contributed by atoms with van der Waals surface area (Å²) in [6.45, 7) is 0.391. The predicted octanol–water partition coefficient (Wildman–Crippen LogP) is 1.07. The van der Waals surface area contributed by atoms with Gasteiger partial charge in [-0.15, -0.1) is 0 Å². The number of aliphatic carboxylic acids is 1. The molecule has 6 heteroatoms. The van der Waals surface area contributed by atoms with Crippen molar-refractivity contribution >= 4 is 11.9 Å². The lowest BCUT2D eigenvalue weighted by molar-refractivity contribution is -0.151. The van der Waals surface area contributed by atoms with Gasteiger partial charge in [0.05, 0.1) is 11.6 Å². The third-order valence-electron chi connectivity index (χ3n) is 3.76. The second-order valence-corrected chi connectivity index (χ2v) is 5.27. The standard InChI is InChI=1S/C13H19N3O3/c1-16-9-10(8-15-16)7-14-11(17)6-13(12(18)19)4-2-3-5-13/h8-9H,2-7H2,1H3,(H,14,17)(H,18,19). The minimum Gasteiger partial charge on any atom is -0.481 e. The Hall–Kier alpha value is -1.85. The molecule has 0 bridgehead atoms. The molecule has 0 unspecified atom stereocenters. The monoisotopic (exact) mass is 265 g/mol. The average Bonchev–Trinajstić information content (AvgIpc) is 2.97. The topological polar surface area (TPSA) is 84.2 Å². The molecule has 0 aliphatic heterocycles. The SMILES string of the molecule is Cn1cc(CNC(=O)CC2(C(=O)O)CCCC2)cn1. The van der Waals surface area contributed by atoms with Crippen LogP contribution in [-0.4, -0.2) is 26.8 Å². The maximum absolute atomic E-state index is 11.9. The maximum atomic E-state index is 11.9. The number of carboxylic acids is 1. The molecule has 1 amide bonds. The van der Waals surface area contributed by atoms with E-state index in [0.717, 1.165) is 18.4 Å². The largest absolute Gasteiger partial charge is 0.481 e. The summed E-state index contributed by atoms with van der Waals surface area (Å²) in [5.41, 5.74) is 0.0607. The smallest absolute Gasteiger partial charge is 0.310 e. The molecule has 1 aliphatic rings. The highest BCUT2D eigenvalue weighted by molar-refractivity contribution is 5.85. The number of nitrogens with zero attached hydrogens (tertiary/aromatic N) is 2. The van der Waals surface area contributed by atoms with E-state index in [0.29, 0.717) is 19.4 Å². The van der Waals surface area contributed by atoms with E-state index in [2.05, 4.69) is 10.4 Å². The molecule has 0 aromatic carbocycles. The van der Waals surface area contributed by atoms with Gasteiger partial charge in [0.15, 0.2) is 0 Å². The van der Waals surface area contributed by atoms with Gasteiger partial charge in [-0.05, 0) is 12.8 Å². The molecule has 0 spiro atoms. The minimum atomic E-state index is -0.848. The summed E-state index contributed by atoms with van der Waals surface area (Å²) < 4.78 is 1.66. The van der Waals surface area contributed by atoms with Crippen LogP contribution in [0, 0.1) is 5.41 Å². The van der Waals surface area contributed by atoms with Crippen LogP contribution in [0.5, 0.6) is 0 Å². The quantitative estimate of drug-likeness (QED) is 0.834. The second kappa shape index (κ2) is 5.42. The molecule has 1 aromatic heterocycles. The van der Waals surface area contributed by atoms with Gasteiger partial charge in [0.1, 0.15) is 0 Å². The van der Waals surface area contributed by atoms with E-state index in [-0.39, 0.29) is 12.3 Å². The van der Waals surface area contributed by atoms with E-state index in [4.69, 9.17) is 0 Å². The third-order valence-corrected chi connectivity index (χ3v) is 3.76. The number of rotatable bonds is 5. The van der Waals surface area contributed by atoms with E-state index in [1.165, 1.54) is 0 Å². The molecule has 1 saturated carbocycles. The number of aromatic nitrogens is 2. The number of amides is 1. The number of hydrogen-bond acceptors (Lipinski definition) is 3. The van der Waals surface area contributed by atoms with Crippen molar-refractivity contribution in [2.24, 2.45) is 12.5 Å². The zero-order chi connectivity index (χ0) is 13.9. The Balaban J connectivity index is 1.88. The number of hydrogen-bond donors (Lipinski definition) is 2. The van der Waals surface area contributed by atoms with Crippen molar-refractivity contribution in [3.63, 3.8) is 0 Å². The van der Waals surface area contributed by atoms with Crippen molar-refractivity contribution in [2.45, 2.75) is 38.6 Å². The summed E-state index contributed by atoms with van der Waals surface area (Å²) in [6.07, 6.45) is 6.56. The van der Waals surface area contributed by atoms with Gasteiger partial charge in [0.25, 0.3) is 0 Å². The van der Waals surface area contributed by atoms with Gasteiger partial charge in [-0.1, -0.05) is 12.8 Å². The van der Waals surface area contributed by atoms with Crippen LogP contribution in [0.25, 0.3) is 0 Å². The Morgan fingerprint density at radius 3 is 2.68 bits per heavy atom. The van der Waals surface area contributed by atoms with E-state index >= 15 is 0 Å². The van der Waals surface area contributed by atoms with E-state index in [1.807, 2.05) is 13.2 Å². The van der Waals surface area contributed by atoms with Gasteiger partial charge >= 0.3 is 5.97 Å². The Morgan fingerprint density at radius 1 is 1.47 bits per heavy atom. The molecule has 19 heavy (non-hydrogen) atoms. The second-order valence-electron chi connectivity index (χ2n) is 5.27. The first-order chi connectivity index (χ1) is 9.02. The number of nitrogens with one attached hydrogen (secondary N) is 1. The van der Waals surface area contributed by atoms with Crippen LogP contribution in [0.15, 0.2) is 12.4 Å². The summed E-state index contributed by atoms with van der Waals surface area (Å²) in [5, 5.41) is 16.1. The van der Waals surface area contributed by atoms with Crippen molar-refractivity contribution in [2.75, 3.05) is 0 Å². The van der Waals surface area contributed by atoms with Gasteiger partial charge in [0, 0.05) is 31.8 Å². The van der Waals surface area contributed by atoms with Crippen molar-refractivity contribution in [1.29, 1.82) is 0 Å². The van der Waals surface area contributed by atoms with Crippen molar-refractivity contribution < 1.29 is 14.7 Å². The van der Waals surface area contributed by atoms with Crippen LogP contribution in [-0.2, 0) is 23.2 Å². The van der Waals surface area contributed by atoms with Gasteiger partial charge in [0.2, 0.25) is 5.91 Å². The molecule has 1 aromatic rings. The lowest BCUT2D eigenvalue weighted by Gasteiger charge is -2.22. The van der Waals surface area contributed by atoms with Gasteiger partial charge in [-0.3, -0.25) is 14.3 Å². The van der Waals surface area contributed by atoms with Crippen LogP contribution < -0.4 is 5.32 Å². The van der Waals surface area contributed by atoms with Crippen LogP contribution >= 0.6 is 0 Å². The molecular weight excluding hydrogens is 246 g/mol. The normalized spacial score (nSPS) is 17.3. The number of carbonyl (C=O) groups excluding carboxylic acids is 1. The van der Waals surface area contributed by atoms with Crippen molar-refractivity contribution in [3.05, 3.63) is 18.0 Å². The first-order valence-electron chi connectivity index (χ1n) is 6.49. The molecule has 2 N–H and O–H groups in total. The van der Waals surface area contributed by atoms with E-state index < -0.39 is 11.4 Å². The van der Waals surface area contributed by atoms with Crippen LogP contribution in [0.1, 0.15) is 37.7 Å². The molecule has 6 nitrogen and oxygen atoms in total. The number of aryl methyl sites for hydroxylation is 1. The maximum Gasteiger partial charge on any atom is 0.310 e. The van der Waals surface area contributed by atoms with Gasteiger partial charge < -0.3 is 10.4 Å². The molecule has 1 aliphatic carbocycles.